The van der Waals surface area contributed by atoms with Gasteiger partial charge in [0, 0.05) is 42.6 Å². The van der Waals surface area contributed by atoms with Gasteiger partial charge in [0.1, 0.15) is 23.3 Å². The number of pyridine rings is 1. The van der Waals surface area contributed by atoms with E-state index in [4.69, 9.17) is 4.74 Å². The van der Waals surface area contributed by atoms with Crippen molar-refractivity contribution in [3.05, 3.63) is 47.9 Å². The van der Waals surface area contributed by atoms with E-state index in [1.54, 1.807) is 32.0 Å². The van der Waals surface area contributed by atoms with Crippen LogP contribution in [0.2, 0.25) is 0 Å². The van der Waals surface area contributed by atoms with Crippen LogP contribution in [0.5, 0.6) is 5.75 Å². The van der Waals surface area contributed by atoms with Crippen LogP contribution in [-0.4, -0.2) is 29.3 Å². The fourth-order valence-electron chi connectivity index (χ4n) is 3.35. The van der Waals surface area contributed by atoms with E-state index in [0.29, 0.717) is 29.0 Å². The van der Waals surface area contributed by atoms with Crippen molar-refractivity contribution in [3.8, 4) is 17.0 Å². The average Bonchev–Trinajstić information content (AvgIpc) is 2.95. The maximum atomic E-state index is 13.2. The summed E-state index contributed by atoms with van der Waals surface area (Å²) in [5.74, 6) is 1.59. The number of nitrogens with one attached hydrogen (secondary N) is 1. The Morgan fingerprint density at radius 1 is 1.17 bits per heavy atom. The Kier molecular flexibility index (Phi) is 3.58. The van der Waals surface area contributed by atoms with Gasteiger partial charge in [-0.3, -0.25) is 0 Å². The highest BCUT2D eigenvalue weighted by molar-refractivity contribution is 5.61. The molecule has 0 radical (unpaired) electrons. The van der Waals surface area contributed by atoms with Crippen molar-refractivity contribution >= 4 is 0 Å². The van der Waals surface area contributed by atoms with Gasteiger partial charge in [-0.05, 0) is 38.1 Å². The molecule has 2 unspecified atom stereocenters. The first kappa shape index (κ1) is 15.5. The minimum Gasteiger partial charge on any atom is -0.490 e. The lowest BCUT2D eigenvalue weighted by Crippen LogP contribution is -2.21. The van der Waals surface area contributed by atoms with Crippen molar-refractivity contribution in [2.75, 3.05) is 13.1 Å². The monoisotopic (exact) mass is 328 g/mol. The number of piperidine rings is 1. The molecule has 0 amide bonds. The predicted molar refractivity (Wildman–Crippen MR) is 89.1 cm³/mol. The molecule has 126 valence electrons. The van der Waals surface area contributed by atoms with E-state index < -0.39 is 5.60 Å². The van der Waals surface area contributed by atoms with Gasteiger partial charge in [-0.15, -0.1) is 0 Å². The molecule has 1 aliphatic carbocycles. The Labute approximate surface area is 140 Å². The Morgan fingerprint density at radius 2 is 1.83 bits per heavy atom. The lowest BCUT2D eigenvalue weighted by Gasteiger charge is -2.19. The van der Waals surface area contributed by atoms with Crippen molar-refractivity contribution < 1.29 is 14.2 Å². The van der Waals surface area contributed by atoms with Crippen molar-refractivity contribution in [2.45, 2.75) is 25.6 Å². The topological polar surface area (TPSA) is 54.4 Å². The van der Waals surface area contributed by atoms with E-state index in [9.17, 15) is 9.50 Å². The maximum Gasteiger partial charge on any atom is 0.123 e. The number of hydrogen-bond acceptors (Lipinski definition) is 4. The molecule has 24 heavy (non-hydrogen) atoms. The fraction of sp³-hybridized carbons (Fsp3) is 0.421. The van der Waals surface area contributed by atoms with Gasteiger partial charge in [-0.1, -0.05) is 0 Å². The predicted octanol–water partition coefficient (Wildman–Crippen LogP) is 2.71. The molecule has 2 fully saturated rings. The van der Waals surface area contributed by atoms with Crippen LogP contribution in [0.4, 0.5) is 4.39 Å². The number of aromatic nitrogens is 1. The van der Waals surface area contributed by atoms with Crippen LogP contribution >= 0.6 is 0 Å². The quantitative estimate of drug-likeness (QED) is 0.906. The molecule has 1 aliphatic heterocycles. The van der Waals surface area contributed by atoms with Gasteiger partial charge in [-0.2, -0.15) is 0 Å². The number of fused-ring (bicyclic) bond motifs is 1. The van der Waals surface area contributed by atoms with Gasteiger partial charge < -0.3 is 15.2 Å². The molecule has 1 saturated carbocycles. The normalized spacial score (nSPS) is 25.4. The number of hydrogen-bond donors (Lipinski definition) is 2. The third kappa shape index (κ3) is 2.89. The molecule has 4 nitrogen and oxygen atoms in total. The first-order valence-electron chi connectivity index (χ1n) is 8.30. The second-order valence-corrected chi connectivity index (χ2v) is 7.21. The molecule has 2 N–H and O–H groups in total. The van der Waals surface area contributed by atoms with Gasteiger partial charge in [0.05, 0.1) is 11.4 Å². The summed E-state index contributed by atoms with van der Waals surface area (Å²) < 4.78 is 19.3. The minimum atomic E-state index is -1.07. The van der Waals surface area contributed by atoms with Crippen LogP contribution < -0.4 is 10.1 Å². The first-order valence-corrected chi connectivity index (χ1v) is 8.30. The van der Waals surface area contributed by atoms with Crippen LogP contribution in [0.1, 0.15) is 19.5 Å². The number of aliphatic hydroxyl groups is 1. The van der Waals surface area contributed by atoms with Gasteiger partial charge in [0.2, 0.25) is 0 Å². The highest BCUT2D eigenvalue weighted by Gasteiger charge is 2.55. The molecular weight excluding hydrogens is 307 g/mol. The summed E-state index contributed by atoms with van der Waals surface area (Å²) >= 11 is 0. The lowest BCUT2D eigenvalue weighted by molar-refractivity contribution is 0.0735. The first-order chi connectivity index (χ1) is 11.4. The van der Waals surface area contributed by atoms with Gasteiger partial charge in [-0.25, -0.2) is 9.37 Å². The number of ether oxygens (including phenoxy) is 1. The summed E-state index contributed by atoms with van der Waals surface area (Å²) in [6, 6.07) is 9.85. The number of nitrogens with zero attached hydrogens (tertiary/aromatic N) is 1. The fourth-order valence-corrected chi connectivity index (χ4v) is 3.35. The zero-order valence-electron chi connectivity index (χ0n) is 13.8. The molecule has 2 heterocycles. The minimum absolute atomic E-state index is 0.240. The van der Waals surface area contributed by atoms with Crippen molar-refractivity contribution in [1.29, 1.82) is 0 Å². The number of rotatable bonds is 4. The average molecular weight is 328 g/mol. The second kappa shape index (κ2) is 5.53. The molecule has 2 atom stereocenters. The highest BCUT2D eigenvalue weighted by atomic mass is 19.1. The van der Waals surface area contributed by atoms with E-state index in [2.05, 4.69) is 10.3 Å². The molecular formula is C19H21FN2O2. The number of halogens is 1. The number of benzene rings is 1. The van der Waals surface area contributed by atoms with Crippen molar-refractivity contribution in [3.63, 3.8) is 0 Å². The van der Waals surface area contributed by atoms with Gasteiger partial charge in [0.25, 0.3) is 0 Å². The summed E-state index contributed by atoms with van der Waals surface area (Å²) in [5, 5.41) is 13.7. The zero-order valence-corrected chi connectivity index (χ0v) is 13.8. The SMILES string of the molecule is CC(C)(O)c1cc(OC2C3CNCC32)cc(-c2ccc(F)cc2)n1. The highest BCUT2D eigenvalue weighted by Crippen LogP contribution is 2.45. The van der Waals surface area contributed by atoms with Crippen molar-refractivity contribution in [2.24, 2.45) is 11.8 Å². The van der Waals surface area contributed by atoms with Gasteiger partial charge in [0.15, 0.2) is 0 Å². The molecule has 2 aliphatic rings. The molecule has 4 rings (SSSR count). The largest absolute Gasteiger partial charge is 0.490 e. The smallest absolute Gasteiger partial charge is 0.123 e. The van der Waals surface area contributed by atoms with Crippen LogP contribution in [0.15, 0.2) is 36.4 Å². The summed E-state index contributed by atoms with van der Waals surface area (Å²) in [4.78, 5) is 4.54. The van der Waals surface area contributed by atoms with Crippen LogP contribution in [0.3, 0.4) is 0 Å². The molecule has 5 heteroatoms. The Balaban J connectivity index is 1.67. The Bertz CT molecular complexity index is 745. The van der Waals surface area contributed by atoms with Crippen molar-refractivity contribution in [1.82, 2.24) is 10.3 Å². The summed E-state index contributed by atoms with van der Waals surface area (Å²) in [5.41, 5.74) is 0.941. The van der Waals surface area contributed by atoms with E-state index in [1.807, 2.05) is 6.07 Å². The van der Waals surface area contributed by atoms with Crippen LogP contribution in [-0.2, 0) is 5.60 Å². The molecule has 1 aromatic heterocycles. The lowest BCUT2D eigenvalue weighted by atomic mass is 10.0. The maximum absolute atomic E-state index is 13.2. The Hall–Kier alpha value is -1.98. The van der Waals surface area contributed by atoms with Crippen LogP contribution in [0, 0.1) is 17.7 Å². The van der Waals surface area contributed by atoms with Gasteiger partial charge >= 0.3 is 0 Å². The summed E-state index contributed by atoms with van der Waals surface area (Å²) in [6.45, 7) is 5.40. The molecule has 1 saturated heterocycles. The molecule has 2 aromatic rings. The van der Waals surface area contributed by atoms with E-state index in [0.717, 1.165) is 18.7 Å². The molecule has 0 spiro atoms. The Morgan fingerprint density at radius 3 is 2.46 bits per heavy atom. The zero-order chi connectivity index (χ0) is 16.9. The third-order valence-electron chi connectivity index (χ3n) is 4.85. The standard InChI is InChI=1S/C19H21FN2O2/c1-19(2,23)17-8-13(24-18-14-9-21-10-15(14)18)7-16(22-17)11-3-5-12(20)6-4-11/h3-8,14-15,18,21,23H,9-10H2,1-2H3. The third-order valence-corrected chi connectivity index (χ3v) is 4.85. The van der Waals surface area contributed by atoms with E-state index in [1.165, 1.54) is 12.1 Å². The molecule has 0 bridgehead atoms. The van der Waals surface area contributed by atoms with E-state index >= 15 is 0 Å². The summed E-state index contributed by atoms with van der Waals surface area (Å²) in [6.07, 6.45) is 0.240. The second-order valence-electron chi connectivity index (χ2n) is 7.21. The van der Waals surface area contributed by atoms with E-state index in [-0.39, 0.29) is 11.9 Å². The molecule has 1 aromatic carbocycles. The van der Waals surface area contributed by atoms with Crippen LogP contribution in [0.25, 0.3) is 11.3 Å². The summed E-state index contributed by atoms with van der Waals surface area (Å²) in [7, 11) is 0.